The number of guanidine groups is 1. The second-order valence-corrected chi connectivity index (χ2v) is 6.97. The van der Waals surface area contributed by atoms with Crippen LogP contribution in [0.15, 0.2) is 29.3 Å². The molecule has 0 bridgehead atoms. The molecule has 0 saturated carbocycles. The smallest absolute Gasteiger partial charge is 0.191 e. The summed E-state index contributed by atoms with van der Waals surface area (Å²) in [5.41, 5.74) is 2.63. The predicted molar refractivity (Wildman–Crippen MR) is 111 cm³/mol. The zero-order valence-corrected chi connectivity index (χ0v) is 16.8. The zero-order chi connectivity index (χ0) is 18.6. The highest BCUT2D eigenvalue weighted by atomic mass is 16.5. The summed E-state index contributed by atoms with van der Waals surface area (Å²) in [6, 6.07) is 9.08. The Bertz CT molecular complexity index is 541. The van der Waals surface area contributed by atoms with Crippen molar-refractivity contribution in [1.29, 1.82) is 0 Å². The number of rotatable bonds is 10. The summed E-state index contributed by atoms with van der Waals surface area (Å²) in [6.45, 7) is 9.26. The number of unbranched alkanes of at least 4 members (excludes halogenated alkanes) is 1. The first-order chi connectivity index (χ1) is 12.7. The molecule has 1 unspecified atom stereocenters. The van der Waals surface area contributed by atoms with Gasteiger partial charge in [-0.05, 0) is 50.3 Å². The number of nitrogens with zero attached hydrogens (tertiary/aromatic N) is 2. The van der Waals surface area contributed by atoms with E-state index in [1.165, 1.54) is 43.6 Å². The molecule has 1 aromatic carbocycles. The standard InChI is InChI=1S/C21H36N4O/c1-4-5-15-26-16-9-12-23-21(22-3)24-18(2)19-10-8-11-20(17-19)25-13-6-7-14-25/h8,10-11,17-18H,4-7,9,12-16H2,1-3H3,(H2,22,23,24). The monoisotopic (exact) mass is 360 g/mol. The third kappa shape index (κ3) is 6.87. The van der Waals surface area contributed by atoms with Gasteiger partial charge in [-0.1, -0.05) is 25.5 Å². The minimum Gasteiger partial charge on any atom is -0.381 e. The summed E-state index contributed by atoms with van der Waals surface area (Å²) < 4.78 is 5.60. The van der Waals surface area contributed by atoms with Crippen LogP contribution in [0.1, 0.15) is 57.6 Å². The van der Waals surface area contributed by atoms with Crippen LogP contribution in [-0.2, 0) is 4.74 Å². The Labute approximate surface area is 159 Å². The Morgan fingerprint density at radius 3 is 2.73 bits per heavy atom. The highest BCUT2D eigenvalue weighted by molar-refractivity contribution is 5.80. The zero-order valence-electron chi connectivity index (χ0n) is 16.8. The highest BCUT2D eigenvalue weighted by Gasteiger charge is 2.14. The molecule has 2 N–H and O–H groups in total. The number of anilines is 1. The van der Waals surface area contributed by atoms with Crippen LogP contribution in [0, 0.1) is 0 Å². The average Bonchev–Trinajstić information content (AvgIpc) is 3.21. The second-order valence-electron chi connectivity index (χ2n) is 6.97. The molecule has 1 saturated heterocycles. The number of benzene rings is 1. The third-order valence-corrected chi connectivity index (χ3v) is 4.82. The molecule has 0 radical (unpaired) electrons. The van der Waals surface area contributed by atoms with Gasteiger partial charge in [0.05, 0.1) is 6.04 Å². The van der Waals surface area contributed by atoms with Gasteiger partial charge in [0.2, 0.25) is 0 Å². The van der Waals surface area contributed by atoms with Gasteiger partial charge in [0, 0.05) is 45.6 Å². The van der Waals surface area contributed by atoms with E-state index >= 15 is 0 Å². The first kappa shape index (κ1) is 20.6. The minimum absolute atomic E-state index is 0.213. The quantitative estimate of drug-likeness (QED) is 0.379. The molecular weight excluding hydrogens is 324 g/mol. The Balaban J connectivity index is 1.76. The molecule has 1 aromatic rings. The maximum absolute atomic E-state index is 5.60. The molecule has 0 aliphatic carbocycles. The fourth-order valence-electron chi connectivity index (χ4n) is 3.18. The van der Waals surface area contributed by atoms with Gasteiger partial charge in [-0.3, -0.25) is 4.99 Å². The van der Waals surface area contributed by atoms with Crippen molar-refractivity contribution >= 4 is 11.6 Å². The Hall–Kier alpha value is -1.75. The van der Waals surface area contributed by atoms with Crippen LogP contribution in [0.4, 0.5) is 5.69 Å². The first-order valence-electron chi connectivity index (χ1n) is 10.1. The van der Waals surface area contributed by atoms with E-state index in [-0.39, 0.29) is 6.04 Å². The Kier molecular flexibility index (Phi) is 9.32. The molecule has 5 heteroatoms. The van der Waals surface area contributed by atoms with Crippen LogP contribution in [0.25, 0.3) is 0 Å². The lowest BCUT2D eigenvalue weighted by atomic mass is 10.1. The van der Waals surface area contributed by atoms with Crippen molar-refractivity contribution in [2.75, 3.05) is 44.8 Å². The molecule has 0 spiro atoms. The molecule has 1 fully saturated rings. The summed E-state index contributed by atoms with van der Waals surface area (Å²) in [5, 5.41) is 6.87. The maximum Gasteiger partial charge on any atom is 0.191 e. The predicted octanol–water partition coefficient (Wildman–Crippen LogP) is 3.72. The summed E-state index contributed by atoms with van der Waals surface area (Å²) in [4.78, 5) is 6.82. The largest absolute Gasteiger partial charge is 0.381 e. The highest BCUT2D eigenvalue weighted by Crippen LogP contribution is 2.23. The van der Waals surface area contributed by atoms with Gasteiger partial charge in [-0.25, -0.2) is 0 Å². The van der Waals surface area contributed by atoms with Crippen LogP contribution in [0.2, 0.25) is 0 Å². The van der Waals surface area contributed by atoms with Crippen molar-refractivity contribution < 1.29 is 4.74 Å². The molecule has 1 heterocycles. The fourth-order valence-corrected chi connectivity index (χ4v) is 3.18. The van der Waals surface area contributed by atoms with E-state index in [0.29, 0.717) is 0 Å². The van der Waals surface area contributed by atoms with E-state index in [0.717, 1.165) is 38.6 Å². The lowest BCUT2D eigenvalue weighted by Gasteiger charge is -2.22. The fraction of sp³-hybridized carbons (Fsp3) is 0.667. The van der Waals surface area contributed by atoms with E-state index in [4.69, 9.17) is 4.74 Å². The number of ether oxygens (including phenoxy) is 1. The van der Waals surface area contributed by atoms with Crippen LogP contribution in [-0.4, -0.2) is 45.9 Å². The molecular formula is C21H36N4O. The lowest BCUT2D eigenvalue weighted by molar-refractivity contribution is 0.129. The van der Waals surface area contributed by atoms with Crippen LogP contribution >= 0.6 is 0 Å². The Morgan fingerprint density at radius 1 is 1.23 bits per heavy atom. The summed E-state index contributed by atoms with van der Waals surface area (Å²) in [5.74, 6) is 0.845. The molecule has 1 atom stereocenters. The SMILES string of the molecule is CCCCOCCCNC(=NC)NC(C)c1cccc(N2CCCC2)c1. The average molecular weight is 361 g/mol. The van der Waals surface area contributed by atoms with Crippen LogP contribution < -0.4 is 15.5 Å². The first-order valence-corrected chi connectivity index (χ1v) is 10.1. The molecule has 1 aliphatic rings. The van der Waals surface area contributed by atoms with Gasteiger partial charge in [-0.15, -0.1) is 0 Å². The van der Waals surface area contributed by atoms with Gasteiger partial charge >= 0.3 is 0 Å². The molecule has 5 nitrogen and oxygen atoms in total. The number of hydrogen-bond donors (Lipinski definition) is 2. The van der Waals surface area contributed by atoms with Crippen LogP contribution in [0.3, 0.4) is 0 Å². The topological polar surface area (TPSA) is 48.9 Å². The van der Waals surface area contributed by atoms with E-state index in [2.05, 4.69) is 58.6 Å². The molecule has 146 valence electrons. The van der Waals surface area contributed by atoms with Gasteiger partial charge in [0.25, 0.3) is 0 Å². The van der Waals surface area contributed by atoms with Crippen molar-refractivity contribution in [1.82, 2.24) is 10.6 Å². The van der Waals surface area contributed by atoms with Gasteiger partial charge in [0.15, 0.2) is 5.96 Å². The van der Waals surface area contributed by atoms with Gasteiger partial charge < -0.3 is 20.3 Å². The van der Waals surface area contributed by atoms with E-state index in [1.807, 2.05) is 7.05 Å². The minimum atomic E-state index is 0.213. The lowest BCUT2D eigenvalue weighted by Crippen LogP contribution is -2.39. The Morgan fingerprint density at radius 2 is 2.00 bits per heavy atom. The van der Waals surface area contributed by atoms with E-state index in [9.17, 15) is 0 Å². The van der Waals surface area contributed by atoms with E-state index < -0.39 is 0 Å². The van der Waals surface area contributed by atoms with Gasteiger partial charge in [-0.2, -0.15) is 0 Å². The number of hydrogen-bond acceptors (Lipinski definition) is 3. The van der Waals surface area contributed by atoms with Crippen molar-refractivity contribution in [3.63, 3.8) is 0 Å². The molecule has 0 amide bonds. The molecule has 2 rings (SSSR count). The van der Waals surface area contributed by atoms with Crippen molar-refractivity contribution in [3.8, 4) is 0 Å². The normalized spacial score (nSPS) is 16.0. The second kappa shape index (κ2) is 11.8. The van der Waals surface area contributed by atoms with Crippen LogP contribution in [0.5, 0.6) is 0 Å². The number of aliphatic imine (C=N–C) groups is 1. The molecule has 26 heavy (non-hydrogen) atoms. The van der Waals surface area contributed by atoms with E-state index in [1.54, 1.807) is 0 Å². The summed E-state index contributed by atoms with van der Waals surface area (Å²) >= 11 is 0. The molecule has 1 aliphatic heterocycles. The summed E-state index contributed by atoms with van der Waals surface area (Å²) in [7, 11) is 1.82. The number of nitrogens with one attached hydrogen (secondary N) is 2. The molecule has 0 aromatic heterocycles. The third-order valence-electron chi connectivity index (χ3n) is 4.82. The maximum atomic E-state index is 5.60. The van der Waals surface area contributed by atoms with Crippen molar-refractivity contribution in [2.24, 2.45) is 4.99 Å². The van der Waals surface area contributed by atoms with Crippen molar-refractivity contribution in [3.05, 3.63) is 29.8 Å². The van der Waals surface area contributed by atoms with Gasteiger partial charge in [0.1, 0.15) is 0 Å². The summed E-state index contributed by atoms with van der Waals surface area (Å²) in [6.07, 6.45) is 5.92. The van der Waals surface area contributed by atoms with Crippen molar-refractivity contribution in [2.45, 2.75) is 52.0 Å².